The van der Waals surface area contributed by atoms with Crippen LogP contribution in [0.3, 0.4) is 0 Å². The van der Waals surface area contributed by atoms with Crippen LogP contribution >= 0.6 is 11.8 Å². The molecule has 1 nitrogen and oxygen atoms in total. The molecule has 1 unspecified atom stereocenters. The maximum absolute atomic E-state index is 3.70. The number of rotatable bonds is 7. The largest absolute Gasteiger partial charge is 0.313 e. The predicted molar refractivity (Wildman–Crippen MR) is 62.3 cm³/mol. The third kappa shape index (κ3) is 3.74. The van der Waals surface area contributed by atoms with Gasteiger partial charge in [-0.25, -0.2) is 0 Å². The monoisotopic (exact) mass is 199 g/mol. The number of thioether (sulfide) groups is 1. The molecular weight excluding hydrogens is 178 g/mol. The molecule has 0 heterocycles. The summed E-state index contributed by atoms with van der Waals surface area (Å²) >= 11 is 1.95. The van der Waals surface area contributed by atoms with Gasteiger partial charge >= 0.3 is 0 Å². The van der Waals surface area contributed by atoms with Crippen molar-refractivity contribution in [3.05, 3.63) is 12.7 Å². The molecule has 0 saturated heterocycles. The first-order chi connectivity index (χ1) is 6.19. The molecule has 0 aromatic carbocycles. The van der Waals surface area contributed by atoms with E-state index < -0.39 is 0 Å². The Balaban J connectivity index is 1.96. The van der Waals surface area contributed by atoms with Crippen LogP contribution in [0.2, 0.25) is 0 Å². The molecular formula is C11H21NS. The van der Waals surface area contributed by atoms with Gasteiger partial charge in [0.25, 0.3) is 0 Å². The van der Waals surface area contributed by atoms with E-state index in [0.29, 0.717) is 11.5 Å². The molecule has 0 spiro atoms. The number of nitrogens with one attached hydrogen (secondary N) is 1. The predicted octanol–water partition coefficient (Wildman–Crippen LogP) is 2.68. The highest BCUT2D eigenvalue weighted by molar-refractivity contribution is 7.99. The summed E-state index contributed by atoms with van der Waals surface area (Å²) in [5, 5.41) is 3.59. The lowest BCUT2D eigenvalue weighted by Crippen LogP contribution is -2.34. The summed E-state index contributed by atoms with van der Waals surface area (Å²) < 4.78 is 0. The minimum atomic E-state index is 0.614. The lowest BCUT2D eigenvalue weighted by atomic mass is 10.0. The third-order valence-electron chi connectivity index (χ3n) is 3.02. The highest BCUT2D eigenvalue weighted by Crippen LogP contribution is 2.47. The Morgan fingerprint density at radius 1 is 1.62 bits per heavy atom. The zero-order chi connectivity index (χ0) is 9.73. The molecule has 1 aliphatic rings. The molecule has 1 saturated carbocycles. The van der Waals surface area contributed by atoms with Crippen molar-refractivity contribution < 1.29 is 0 Å². The van der Waals surface area contributed by atoms with Gasteiger partial charge in [0.2, 0.25) is 0 Å². The quantitative estimate of drug-likeness (QED) is 0.500. The van der Waals surface area contributed by atoms with Gasteiger partial charge < -0.3 is 5.32 Å². The fourth-order valence-electron chi connectivity index (χ4n) is 1.39. The first-order valence-electron chi connectivity index (χ1n) is 5.11. The summed E-state index contributed by atoms with van der Waals surface area (Å²) in [6, 6.07) is 0.692. The highest BCUT2D eigenvalue weighted by atomic mass is 32.2. The Labute approximate surface area is 86.4 Å². The minimum Gasteiger partial charge on any atom is -0.313 e. The average molecular weight is 199 g/mol. The zero-order valence-corrected chi connectivity index (χ0v) is 9.62. The van der Waals surface area contributed by atoms with Crippen molar-refractivity contribution in [3.8, 4) is 0 Å². The van der Waals surface area contributed by atoms with Crippen molar-refractivity contribution in [3.63, 3.8) is 0 Å². The van der Waals surface area contributed by atoms with E-state index in [1.165, 1.54) is 18.6 Å². The zero-order valence-electron chi connectivity index (χ0n) is 8.81. The van der Waals surface area contributed by atoms with Crippen molar-refractivity contribution in [2.24, 2.45) is 5.41 Å². The molecule has 76 valence electrons. The van der Waals surface area contributed by atoms with Crippen LogP contribution in [-0.4, -0.2) is 24.1 Å². The van der Waals surface area contributed by atoms with Gasteiger partial charge in [-0.2, -0.15) is 11.8 Å². The Morgan fingerprint density at radius 3 is 2.85 bits per heavy atom. The van der Waals surface area contributed by atoms with E-state index in [9.17, 15) is 0 Å². The first kappa shape index (κ1) is 11.1. The van der Waals surface area contributed by atoms with Gasteiger partial charge in [0, 0.05) is 24.1 Å². The molecule has 0 aliphatic heterocycles. The fourth-order valence-corrected chi connectivity index (χ4v) is 1.99. The van der Waals surface area contributed by atoms with Crippen molar-refractivity contribution in [1.82, 2.24) is 5.32 Å². The molecule has 1 aliphatic carbocycles. The maximum Gasteiger partial charge on any atom is 0.0111 e. The van der Waals surface area contributed by atoms with Crippen LogP contribution < -0.4 is 5.32 Å². The normalized spacial score (nSPS) is 21.1. The second kappa shape index (κ2) is 5.06. The van der Waals surface area contributed by atoms with E-state index in [1.807, 2.05) is 17.8 Å². The summed E-state index contributed by atoms with van der Waals surface area (Å²) in [5.74, 6) is 2.28. The minimum absolute atomic E-state index is 0.614. The standard InChI is InChI=1S/C11H21NS/c1-4-8-13-9-7-12-10(2)11(3)5-6-11/h4,10,12H,1,5-9H2,2-3H3. The molecule has 1 N–H and O–H groups in total. The summed E-state index contributed by atoms with van der Waals surface area (Å²) in [7, 11) is 0. The lowest BCUT2D eigenvalue weighted by molar-refractivity contribution is 0.390. The SMILES string of the molecule is C=CCSCCNC(C)C1(C)CC1. The molecule has 0 amide bonds. The second-order valence-electron chi connectivity index (χ2n) is 4.19. The Morgan fingerprint density at radius 2 is 2.31 bits per heavy atom. The van der Waals surface area contributed by atoms with Crippen LogP contribution in [0, 0.1) is 5.41 Å². The van der Waals surface area contributed by atoms with Crippen LogP contribution in [0.5, 0.6) is 0 Å². The van der Waals surface area contributed by atoms with Gasteiger partial charge in [-0.05, 0) is 25.2 Å². The molecule has 1 rings (SSSR count). The van der Waals surface area contributed by atoms with Crippen LogP contribution in [0.25, 0.3) is 0 Å². The van der Waals surface area contributed by atoms with E-state index >= 15 is 0 Å². The van der Waals surface area contributed by atoms with Gasteiger partial charge in [-0.1, -0.05) is 13.0 Å². The molecule has 1 atom stereocenters. The van der Waals surface area contributed by atoms with Crippen LogP contribution in [0.15, 0.2) is 12.7 Å². The topological polar surface area (TPSA) is 12.0 Å². The first-order valence-corrected chi connectivity index (χ1v) is 6.26. The van der Waals surface area contributed by atoms with Crippen molar-refractivity contribution in [2.75, 3.05) is 18.1 Å². The number of hydrogen-bond donors (Lipinski definition) is 1. The molecule has 1 fully saturated rings. The molecule has 2 heteroatoms. The van der Waals surface area contributed by atoms with Crippen molar-refractivity contribution in [2.45, 2.75) is 32.7 Å². The maximum atomic E-state index is 3.70. The van der Waals surface area contributed by atoms with Gasteiger partial charge in [0.05, 0.1) is 0 Å². The van der Waals surface area contributed by atoms with Gasteiger partial charge in [0.15, 0.2) is 0 Å². The summed E-state index contributed by atoms with van der Waals surface area (Å²) in [5.41, 5.74) is 0.614. The van der Waals surface area contributed by atoms with E-state index in [2.05, 4.69) is 25.7 Å². The van der Waals surface area contributed by atoms with Crippen LogP contribution in [-0.2, 0) is 0 Å². The summed E-state index contributed by atoms with van der Waals surface area (Å²) in [4.78, 5) is 0. The van der Waals surface area contributed by atoms with Gasteiger partial charge in [-0.3, -0.25) is 0 Å². The lowest BCUT2D eigenvalue weighted by Gasteiger charge is -2.20. The molecule has 0 bridgehead atoms. The second-order valence-corrected chi connectivity index (χ2v) is 5.34. The van der Waals surface area contributed by atoms with Crippen LogP contribution in [0.1, 0.15) is 26.7 Å². The van der Waals surface area contributed by atoms with E-state index in [0.717, 1.165) is 12.3 Å². The van der Waals surface area contributed by atoms with E-state index in [1.54, 1.807) is 0 Å². The van der Waals surface area contributed by atoms with E-state index in [4.69, 9.17) is 0 Å². The molecule has 0 aromatic heterocycles. The van der Waals surface area contributed by atoms with E-state index in [-0.39, 0.29) is 0 Å². The third-order valence-corrected chi connectivity index (χ3v) is 3.98. The molecule has 0 aromatic rings. The van der Waals surface area contributed by atoms with Gasteiger partial charge in [-0.15, -0.1) is 6.58 Å². The summed E-state index contributed by atoms with van der Waals surface area (Å²) in [6.07, 6.45) is 4.78. The Bertz CT molecular complexity index is 163. The van der Waals surface area contributed by atoms with Gasteiger partial charge in [0.1, 0.15) is 0 Å². The Hall–Kier alpha value is 0.0500. The van der Waals surface area contributed by atoms with Crippen molar-refractivity contribution >= 4 is 11.8 Å². The highest BCUT2D eigenvalue weighted by Gasteiger charge is 2.41. The summed E-state index contributed by atoms with van der Waals surface area (Å²) in [6.45, 7) is 9.52. The number of hydrogen-bond acceptors (Lipinski definition) is 2. The fraction of sp³-hybridized carbons (Fsp3) is 0.818. The average Bonchev–Trinajstić information content (AvgIpc) is 2.84. The molecule has 0 radical (unpaired) electrons. The Kier molecular flexibility index (Phi) is 4.33. The molecule has 13 heavy (non-hydrogen) atoms. The smallest absolute Gasteiger partial charge is 0.0111 e. The van der Waals surface area contributed by atoms with Crippen LogP contribution in [0.4, 0.5) is 0 Å². The van der Waals surface area contributed by atoms with Crippen molar-refractivity contribution in [1.29, 1.82) is 0 Å².